The van der Waals surface area contributed by atoms with E-state index in [4.69, 9.17) is 16.3 Å². The van der Waals surface area contributed by atoms with E-state index in [0.29, 0.717) is 5.56 Å². The van der Waals surface area contributed by atoms with Gasteiger partial charge < -0.3 is 9.30 Å². The fourth-order valence-corrected chi connectivity index (χ4v) is 1.91. The van der Waals surface area contributed by atoms with E-state index in [9.17, 15) is 13.6 Å². The van der Waals surface area contributed by atoms with Crippen LogP contribution in [0.25, 0.3) is 0 Å². The first-order valence-corrected chi connectivity index (χ1v) is 6.22. The molecule has 0 saturated heterocycles. The van der Waals surface area contributed by atoms with E-state index >= 15 is 0 Å². The van der Waals surface area contributed by atoms with Crippen LogP contribution < -0.4 is 0 Å². The molecule has 7 heteroatoms. The summed E-state index contributed by atoms with van der Waals surface area (Å²) < 4.78 is 32.4. The number of benzene rings is 1. The molecule has 0 aliphatic heterocycles. The molecule has 0 radical (unpaired) electrons. The molecule has 0 unspecified atom stereocenters. The minimum absolute atomic E-state index is 0.0396. The maximum absolute atomic E-state index is 13.1. The number of imidazole rings is 1. The molecule has 0 bridgehead atoms. The number of hydrogen-bond acceptors (Lipinski definition) is 3. The van der Waals surface area contributed by atoms with Gasteiger partial charge in [-0.1, -0.05) is 0 Å². The standard InChI is InChI=1S/C13H11ClF2N2O2/c1-2-20-12(19)11-7-18(13(14)17-11)6-8-3-9(15)5-10(16)4-8/h3-5,7H,2,6H2,1H3. The van der Waals surface area contributed by atoms with E-state index in [-0.39, 0.29) is 24.1 Å². The van der Waals surface area contributed by atoms with Gasteiger partial charge in [-0.05, 0) is 36.2 Å². The molecule has 2 aromatic rings. The van der Waals surface area contributed by atoms with Crippen LogP contribution in [0.4, 0.5) is 8.78 Å². The van der Waals surface area contributed by atoms with Crippen LogP contribution in [-0.4, -0.2) is 22.1 Å². The molecule has 0 aliphatic rings. The Morgan fingerprint density at radius 1 is 1.35 bits per heavy atom. The summed E-state index contributed by atoms with van der Waals surface area (Å²) >= 11 is 5.88. The highest BCUT2D eigenvalue weighted by atomic mass is 35.5. The van der Waals surface area contributed by atoms with Crippen molar-refractivity contribution in [2.75, 3.05) is 6.61 Å². The minimum Gasteiger partial charge on any atom is -0.461 e. The Kier molecular flexibility index (Phi) is 4.34. The lowest BCUT2D eigenvalue weighted by molar-refractivity contribution is 0.0520. The monoisotopic (exact) mass is 300 g/mol. The average molecular weight is 301 g/mol. The first-order chi connectivity index (χ1) is 9.49. The molecule has 0 fully saturated rings. The Morgan fingerprint density at radius 3 is 2.60 bits per heavy atom. The summed E-state index contributed by atoms with van der Waals surface area (Å²) in [7, 11) is 0. The molecule has 0 amide bonds. The van der Waals surface area contributed by atoms with Crippen LogP contribution in [0.3, 0.4) is 0 Å². The first-order valence-electron chi connectivity index (χ1n) is 5.84. The van der Waals surface area contributed by atoms with Crippen molar-refractivity contribution in [1.82, 2.24) is 9.55 Å². The molecule has 0 aliphatic carbocycles. The van der Waals surface area contributed by atoms with Crippen molar-refractivity contribution in [3.63, 3.8) is 0 Å². The average Bonchev–Trinajstić information content (AvgIpc) is 2.70. The summed E-state index contributed by atoms with van der Waals surface area (Å²) in [6.45, 7) is 1.99. The van der Waals surface area contributed by atoms with Gasteiger partial charge in [-0.2, -0.15) is 0 Å². The zero-order chi connectivity index (χ0) is 14.7. The van der Waals surface area contributed by atoms with E-state index in [2.05, 4.69) is 4.98 Å². The molecule has 20 heavy (non-hydrogen) atoms. The third kappa shape index (κ3) is 3.33. The Bertz CT molecular complexity index is 623. The third-order valence-electron chi connectivity index (χ3n) is 2.49. The first kappa shape index (κ1) is 14.5. The van der Waals surface area contributed by atoms with Crippen molar-refractivity contribution < 1.29 is 18.3 Å². The summed E-state index contributed by atoms with van der Waals surface area (Å²) in [6, 6.07) is 3.15. The molecule has 0 atom stereocenters. The van der Waals surface area contributed by atoms with Gasteiger partial charge in [0.25, 0.3) is 0 Å². The maximum atomic E-state index is 13.1. The second-order valence-electron chi connectivity index (χ2n) is 4.02. The van der Waals surface area contributed by atoms with Crippen molar-refractivity contribution in [1.29, 1.82) is 0 Å². The van der Waals surface area contributed by atoms with Gasteiger partial charge in [0, 0.05) is 12.3 Å². The van der Waals surface area contributed by atoms with Crippen LogP contribution in [-0.2, 0) is 11.3 Å². The highest BCUT2D eigenvalue weighted by Gasteiger charge is 2.14. The molecule has 2 rings (SSSR count). The van der Waals surface area contributed by atoms with E-state index in [1.165, 1.54) is 22.9 Å². The van der Waals surface area contributed by atoms with Crippen LogP contribution in [0.1, 0.15) is 23.0 Å². The smallest absolute Gasteiger partial charge is 0.358 e. The predicted octanol–water partition coefficient (Wildman–Crippen LogP) is 3.04. The van der Waals surface area contributed by atoms with Crippen molar-refractivity contribution in [3.8, 4) is 0 Å². The van der Waals surface area contributed by atoms with Gasteiger partial charge in [-0.15, -0.1) is 0 Å². The van der Waals surface area contributed by atoms with Crippen molar-refractivity contribution in [3.05, 3.63) is 52.6 Å². The number of hydrogen-bond donors (Lipinski definition) is 0. The zero-order valence-corrected chi connectivity index (χ0v) is 11.3. The van der Waals surface area contributed by atoms with Gasteiger partial charge >= 0.3 is 5.97 Å². The molecule has 1 heterocycles. The number of ether oxygens (including phenoxy) is 1. The Balaban J connectivity index is 2.23. The summed E-state index contributed by atoms with van der Waals surface area (Å²) in [5.41, 5.74) is 0.422. The van der Waals surface area contributed by atoms with E-state index in [1.807, 2.05) is 0 Å². The zero-order valence-electron chi connectivity index (χ0n) is 10.6. The quantitative estimate of drug-likeness (QED) is 0.815. The van der Waals surface area contributed by atoms with Gasteiger partial charge in [-0.3, -0.25) is 0 Å². The number of rotatable bonds is 4. The van der Waals surface area contributed by atoms with E-state index in [0.717, 1.165) is 6.07 Å². The number of aromatic nitrogens is 2. The SMILES string of the molecule is CCOC(=O)c1cn(Cc2cc(F)cc(F)c2)c(Cl)n1. The van der Waals surface area contributed by atoms with Gasteiger partial charge in [0.2, 0.25) is 5.28 Å². The van der Waals surface area contributed by atoms with Crippen LogP contribution in [0.5, 0.6) is 0 Å². The predicted molar refractivity (Wildman–Crippen MR) is 68.7 cm³/mol. The topological polar surface area (TPSA) is 44.1 Å². The molecule has 0 saturated carbocycles. The fourth-order valence-electron chi connectivity index (χ4n) is 1.71. The second-order valence-corrected chi connectivity index (χ2v) is 4.36. The summed E-state index contributed by atoms with van der Waals surface area (Å²) in [5, 5.41) is 0.0396. The lowest BCUT2D eigenvalue weighted by atomic mass is 10.2. The number of carbonyl (C=O) groups excluding carboxylic acids is 1. The van der Waals surface area contributed by atoms with Crippen molar-refractivity contribution in [2.24, 2.45) is 0 Å². The number of esters is 1. The Hall–Kier alpha value is -1.95. The van der Waals surface area contributed by atoms with Gasteiger partial charge in [-0.25, -0.2) is 18.6 Å². The van der Waals surface area contributed by atoms with Crippen LogP contribution in [0, 0.1) is 11.6 Å². The fraction of sp³-hybridized carbons (Fsp3) is 0.231. The second kappa shape index (κ2) is 6.00. The van der Waals surface area contributed by atoms with Crippen LogP contribution in [0.15, 0.2) is 24.4 Å². The molecule has 4 nitrogen and oxygen atoms in total. The lowest BCUT2D eigenvalue weighted by Crippen LogP contribution is -2.05. The summed E-state index contributed by atoms with van der Waals surface area (Å²) in [4.78, 5) is 15.3. The summed E-state index contributed by atoms with van der Waals surface area (Å²) in [5.74, 6) is -1.96. The molecule has 1 aromatic carbocycles. The number of nitrogens with zero attached hydrogens (tertiary/aromatic N) is 2. The Morgan fingerprint density at radius 2 is 2.00 bits per heavy atom. The lowest BCUT2D eigenvalue weighted by Gasteiger charge is -2.04. The van der Waals surface area contributed by atoms with Crippen LogP contribution in [0.2, 0.25) is 5.28 Å². The Labute approximate surface area is 118 Å². The number of halogens is 3. The largest absolute Gasteiger partial charge is 0.461 e. The van der Waals surface area contributed by atoms with Crippen molar-refractivity contribution in [2.45, 2.75) is 13.5 Å². The molecule has 0 N–H and O–H groups in total. The van der Waals surface area contributed by atoms with Gasteiger partial charge in [0.1, 0.15) is 11.6 Å². The molecule has 1 aromatic heterocycles. The summed E-state index contributed by atoms with van der Waals surface area (Å²) in [6.07, 6.45) is 1.38. The normalized spacial score (nSPS) is 10.6. The highest BCUT2D eigenvalue weighted by molar-refractivity contribution is 6.28. The number of carbonyl (C=O) groups is 1. The van der Waals surface area contributed by atoms with E-state index < -0.39 is 17.6 Å². The highest BCUT2D eigenvalue weighted by Crippen LogP contribution is 2.15. The molecular formula is C13H11ClF2N2O2. The van der Waals surface area contributed by atoms with Crippen LogP contribution >= 0.6 is 11.6 Å². The van der Waals surface area contributed by atoms with E-state index in [1.54, 1.807) is 6.92 Å². The van der Waals surface area contributed by atoms with Gasteiger partial charge in [0.05, 0.1) is 13.2 Å². The van der Waals surface area contributed by atoms with Crippen molar-refractivity contribution >= 4 is 17.6 Å². The molecule has 106 valence electrons. The molecule has 0 spiro atoms. The maximum Gasteiger partial charge on any atom is 0.358 e. The molecular weight excluding hydrogens is 290 g/mol. The van der Waals surface area contributed by atoms with Gasteiger partial charge in [0.15, 0.2) is 5.69 Å². The minimum atomic E-state index is -0.679. The third-order valence-corrected chi connectivity index (χ3v) is 2.79.